The molecule has 37 heavy (non-hydrogen) atoms. The first kappa shape index (κ1) is 27.4. The summed E-state index contributed by atoms with van der Waals surface area (Å²) in [5.41, 5.74) is -3.26. The zero-order chi connectivity index (χ0) is 27.0. The summed E-state index contributed by atoms with van der Waals surface area (Å²) in [4.78, 5) is 0.340. The maximum Gasteiger partial charge on any atom is 0.417 e. The van der Waals surface area contributed by atoms with E-state index in [0.717, 1.165) is 19.3 Å². The lowest BCUT2D eigenvalue weighted by Gasteiger charge is -2.63. The van der Waals surface area contributed by atoms with Gasteiger partial charge in [0.15, 0.2) is 15.4 Å². The number of benzene rings is 1. The third-order valence-corrected chi connectivity index (χ3v) is 13.5. The number of hydrogen-bond acceptors (Lipinski definition) is 4. The van der Waals surface area contributed by atoms with E-state index in [2.05, 4.69) is 13.8 Å². The second kappa shape index (κ2) is 8.95. The molecule has 5 rings (SSSR count). The number of alkyl halides is 3. The molecule has 0 aliphatic heterocycles. The van der Waals surface area contributed by atoms with Gasteiger partial charge < -0.3 is 10.2 Å². The number of halogens is 3. The maximum atomic E-state index is 13.6. The molecule has 4 nitrogen and oxygen atoms in total. The largest absolute Gasteiger partial charge is 0.417 e. The Morgan fingerprint density at radius 3 is 2.32 bits per heavy atom. The fourth-order valence-corrected chi connectivity index (χ4v) is 11.5. The van der Waals surface area contributed by atoms with Crippen molar-refractivity contribution in [1.29, 1.82) is 0 Å². The summed E-state index contributed by atoms with van der Waals surface area (Å²) in [5.74, 6) is 0.379. The lowest BCUT2D eigenvalue weighted by Crippen LogP contribution is -2.62. The highest BCUT2D eigenvalue weighted by molar-refractivity contribution is 7.91. The Kier molecular flexibility index (Phi) is 6.64. The Balaban J connectivity index is 1.36. The minimum Gasteiger partial charge on any atom is -0.393 e. The molecule has 4 aliphatic carbocycles. The van der Waals surface area contributed by atoms with E-state index in [0.29, 0.717) is 23.7 Å². The van der Waals surface area contributed by atoms with E-state index < -0.39 is 33.1 Å². The van der Waals surface area contributed by atoms with E-state index >= 15 is 0 Å². The first-order chi connectivity index (χ1) is 17.1. The normalized spacial score (nSPS) is 45.0. The van der Waals surface area contributed by atoms with Crippen LogP contribution in [0.25, 0.3) is 0 Å². The summed E-state index contributed by atoms with van der Waals surface area (Å²) < 4.78 is 67.2. The average Bonchev–Trinajstić information content (AvgIpc) is 3.15. The number of hydrogen-bond donors (Lipinski definition) is 2. The van der Waals surface area contributed by atoms with Crippen LogP contribution in [0.3, 0.4) is 0 Å². The van der Waals surface area contributed by atoms with Crippen LogP contribution in [0.1, 0.15) is 72.1 Å². The van der Waals surface area contributed by atoms with Gasteiger partial charge in [-0.05, 0) is 110 Å². The summed E-state index contributed by atoms with van der Waals surface area (Å²) in [6.45, 7) is 6.30. The molecule has 0 aromatic heterocycles. The number of rotatable bonds is 4. The highest BCUT2D eigenvalue weighted by Crippen LogP contribution is 2.69. The third kappa shape index (κ3) is 4.28. The smallest absolute Gasteiger partial charge is 0.393 e. The van der Waals surface area contributed by atoms with Gasteiger partial charge in [0.05, 0.1) is 16.8 Å². The molecule has 0 radical (unpaired) electrons. The first-order valence-electron chi connectivity index (χ1n) is 13.9. The van der Waals surface area contributed by atoms with Gasteiger partial charge in [-0.2, -0.15) is 13.2 Å². The van der Waals surface area contributed by atoms with Crippen LogP contribution in [-0.4, -0.2) is 42.3 Å². The quantitative estimate of drug-likeness (QED) is 0.488. The topological polar surface area (TPSA) is 74.6 Å². The molecule has 4 saturated carbocycles. The third-order valence-electron chi connectivity index (χ3n) is 11.5. The summed E-state index contributed by atoms with van der Waals surface area (Å²) in [6, 6.07) is 8.55. The van der Waals surface area contributed by atoms with E-state index in [-0.39, 0.29) is 60.0 Å². The molecule has 4 aliphatic rings. The van der Waals surface area contributed by atoms with Gasteiger partial charge in [0, 0.05) is 0 Å². The van der Waals surface area contributed by atoms with Gasteiger partial charge in [0.25, 0.3) is 0 Å². The number of aliphatic hydroxyl groups excluding tert-OH is 1. The van der Waals surface area contributed by atoms with Crippen LogP contribution in [0.15, 0.2) is 35.2 Å². The predicted octanol–water partition coefficient (Wildman–Crippen LogP) is 6.02. The van der Waals surface area contributed by atoms with Crippen molar-refractivity contribution in [3.8, 4) is 0 Å². The minimum absolute atomic E-state index is 0.0626. The molecule has 0 heterocycles. The van der Waals surface area contributed by atoms with Crippen LogP contribution in [0, 0.1) is 46.3 Å². The molecule has 4 fully saturated rings. The van der Waals surface area contributed by atoms with Crippen molar-refractivity contribution < 1.29 is 31.8 Å². The molecular weight excluding hydrogens is 501 g/mol. The molecule has 1 unspecified atom stereocenters. The summed E-state index contributed by atoms with van der Waals surface area (Å²) in [5, 5.41) is 22.1. The molecule has 1 aromatic rings. The number of fused-ring (bicyclic) bond motifs is 5. The standard InChI is InChI=1S/C29H41F3O4S/c1-18(17-37(35,36)20-7-5-4-6-8-20)22-11-12-23-21-10-9-19-15-28(34,29(30,31)32)14-13-26(19,2)25(21)24(33)16-27(22,23)3/h4-8,18-19,21-25,33-34H,9-17H2,1-3H3/t18-,19-,21+,22-,23+,24?,25-,26+,27-,28+/m1/s1. The predicted molar refractivity (Wildman–Crippen MR) is 135 cm³/mol. The molecular formula is C29H41F3O4S. The van der Waals surface area contributed by atoms with Crippen LogP contribution in [0.4, 0.5) is 13.2 Å². The van der Waals surface area contributed by atoms with Crippen molar-refractivity contribution in [2.45, 2.75) is 94.9 Å². The highest BCUT2D eigenvalue weighted by atomic mass is 32.2. The zero-order valence-electron chi connectivity index (χ0n) is 22.0. The molecule has 0 amide bonds. The zero-order valence-corrected chi connectivity index (χ0v) is 22.9. The van der Waals surface area contributed by atoms with E-state index in [1.165, 1.54) is 0 Å². The van der Waals surface area contributed by atoms with Gasteiger partial charge in [-0.3, -0.25) is 0 Å². The van der Waals surface area contributed by atoms with Gasteiger partial charge in [0.2, 0.25) is 0 Å². The summed E-state index contributed by atoms with van der Waals surface area (Å²) in [7, 11) is -3.43. The number of sulfone groups is 1. The maximum absolute atomic E-state index is 13.6. The Hall–Kier alpha value is -1.12. The van der Waals surface area contributed by atoms with Crippen molar-refractivity contribution in [3.05, 3.63) is 30.3 Å². The van der Waals surface area contributed by atoms with Crippen LogP contribution in [0.5, 0.6) is 0 Å². The van der Waals surface area contributed by atoms with Gasteiger partial charge in [0.1, 0.15) is 0 Å². The van der Waals surface area contributed by atoms with Crippen molar-refractivity contribution in [2.24, 2.45) is 46.3 Å². The Labute approximate surface area is 219 Å². The molecule has 2 N–H and O–H groups in total. The van der Waals surface area contributed by atoms with Crippen LogP contribution in [0.2, 0.25) is 0 Å². The summed E-state index contributed by atoms with van der Waals surface area (Å²) >= 11 is 0. The second-order valence-electron chi connectivity index (χ2n) is 13.3. The fraction of sp³-hybridized carbons (Fsp3) is 0.793. The van der Waals surface area contributed by atoms with E-state index in [1.54, 1.807) is 30.3 Å². The lowest BCUT2D eigenvalue weighted by atomic mass is 9.43. The molecule has 0 bridgehead atoms. The van der Waals surface area contributed by atoms with Gasteiger partial charge in [-0.25, -0.2) is 8.42 Å². The fourth-order valence-electron chi connectivity index (χ4n) is 9.79. The van der Waals surface area contributed by atoms with Crippen molar-refractivity contribution in [1.82, 2.24) is 0 Å². The number of aliphatic hydroxyl groups is 2. The van der Waals surface area contributed by atoms with Crippen molar-refractivity contribution >= 4 is 9.84 Å². The van der Waals surface area contributed by atoms with Gasteiger partial charge >= 0.3 is 6.18 Å². The molecule has 8 heteroatoms. The van der Waals surface area contributed by atoms with E-state index in [1.807, 2.05) is 6.92 Å². The average molecular weight is 543 g/mol. The van der Waals surface area contributed by atoms with Gasteiger partial charge in [-0.1, -0.05) is 39.0 Å². The SMILES string of the molecule is C[C@H](CS(=O)(=O)c1ccccc1)[C@H]1CC[C@H]2[C@@H]3CC[C@@H]4C[C@](O)(C(F)(F)F)CC[C@]4(C)[C@H]3C(O)C[C@]12C. The Morgan fingerprint density at radius 1 is 1.00 bits per heavy atom. The van der Waals surface area contributed by atoms with Gasteiger partial charge in [-0.15, -0.1) is 0 Å². The summed E-state index contributed by atoms with van der Waals surface area (Å²) in [6.07, 6.45) is -1.74. The molecule has 0 saturated heterocycles. The molecule has 1 aromatic carbocycles. The van der Waals surface area contributed by atoms with Crippen molar-refractivity contribution in [2.75, 3.05) is 5.75 Å². The lowest BCUT2D eigenvalue weighted by molar-refractivity contribution is -0.293. The second-order valence-corrected chi connectivity index (χ2v) is 15.4. The molecule has 208 valence electrons. The minimum atomic E-state index is -4.64. The van der Waals surface area contributed by atoms with Crippen LogP contribution < -0.4 is 0 Å². The first-order valence-corrected chi connectivity index (χ1v) is 15.5. The Bertz CT molecular complexity index is 1110. The van der Waals surface area contributed by atoms with Crippen molar-refractivity contribution in [3.63, 3.8) is 0 Å². The van der Waals surface area contributed by atoms with E-state index in [4.69, 9.17) is 0 Å². The molecule has 10 atom stereocenters. The van der Waals surface area contributed by atoms with E-state index in [9.17, 15) is 31.8 Å². The van der Waals surface area contributed by atoms with Crippen LogP contribution in [-0.2, 0) is 9.84 Å². The van der Waals surface area contributed by atoms with Crippen LogP contribution >= 0.6 is 0 Å². The monoisotopic (exact) mass is 542 g/mol. The highest BCUT2D eigenvalue weighted by Gasteiger charge is 2.67. The molecule has 0 spiro atoms. The Morgan fingerprint density at radius 2 is 1.68 bits per heavy atom.